The molecule has 3 aromatic rings. The van der Waals surface area contributed by atoms with Gasteiger partial charge in [0.25, 0.3) is 0 Å². The number of nitrogens with one attached hydrogen (secondary N) is 1. The van der Waals surface area contributed by atoms with Gasteiger partial charge in [0.1, 0.15) is 12.4 Å². The number of benzene rings is 2. The third-order valence-electron chi connectivity index (χ3n) is 4.03. The highest BCUT2D eigenvalue weighted by atomic mass is 32.2. The van der Waals surface area contributed by atoms with Crippen LogP contribution in [0, 0.1) is 13.8 Å². The lowest BCUT2D eigenvalue weighted by Gasteiger charge is -2.10. The minimum atomic E-state index is -3.53. The summed E-state index contributed by atoms with van der Waals surface area (Å²) in [7, 11) is -3.53. The van der Waals surface area contributed by atoms with E-state index in [9.17, 15) is 8.42 Å². The number of hydrogen-bond acceptors (Lipinski definition) is 4. The van der Waals surface area contributed by atoms with Crippen molar-refractivity contribution in [2.24, 2.45) is 0 Å². The maximum absolute atomic E-state index is 12.3. The molecule has 6 heteroatoms. The Bertz CT molecular complexity index is 1000. The van der Waals surface area contributed by atoms with E-state index in [1.165, 1.54) is 0 Å². The molecule has 130 valence electrons. The Labute approximate surface area is 147 Å². The minimum absolute atomic E-state index is 0.195. The van der Waals surface area contributed by atoms with Crippen LogP contribution in [0.1, 0.15) is 11.1 Å². The fraction of sp³-hybridized carbons (Fsp3) is 0.211. The molecule has 0 atom stereocenters. The van der Waals surface area contributed by atoms with Crippen LogP contribution in [-0.2, 0) is 10.0 Å². The van der Waals surface area contributed by atoms with Gasteiger partial charge in [-0.15, -0.1) is 0 Å². The van der Waals surface area contributed by atoms with E-state index in [1.54, 1.807) is 18.3 Å². The first-order chi connectivity index (χ1) is 12.0. The van der Waals surface area contributed by atoms with Crippen LogP contribution in [0.5, 0.6) is 5.75 Å². The zero-order valence-electron chi connectivity index (χ0n) is 14.2. The number of aromatic nitrogens is 1. The van der Waals surface area contributed by atoms with Gasteiger partial charge in [0, 0.05) is 18.1 Å². The fourth-order valence-electron chi connectivity index (χ4n) is 2.45. The van der Waals surface area contributed by atoms with Gasteiger partial charge in [-0.2, -0.15) is 0 Å². The van der Waals surface area contributed by atoms with Crippen molar-refractivity contribution in [3.63, 3.8) is 0 Å². The van der Waals surface area contributed by atoms with Crippen molar-refractivity contribution < 1.29 is 13.2 Å². The normalized spacial score (nSPS) is 11.6. The molecule has 1 N–H and O–H groups in total. The highest BCUT2D eigenvalue weighted by Crippen LogP contribution is 2.19. The van der Waals surface area contributed by atoms with Gasteiger partial charge < -0.3 is 4.74 Å². The average molecular weight is 356 g/mol. The first-order valence-corrected chi connectivity index (χ1v) is 9.48. The summed E-state index contributed by atoms with van der Waals surface area (Å²) in [5.41, 5.74) is 2.90. The molecule has 1 heterocycles. The van der Waals surface area contributed by atoms with Crippen molar-refractivity contribution in [1.82, 2.24) is 9.71 Å². The molecular weight excluding hydrogens is 336 g/mol. The molecule has 0 unspecified atom stereocenters. The Morgan fingerprint density at radius 1 is 1.04 bits per heavy atom. The number of aryl methyl sites for hydroxylation is 2. The van der Waals surface area contributed by atoms with Crippen molar-refractivity contribution >= 4 is 20.9 Å². The van der Waals surface area contributed by atoms with Crippen molar-refractivity contribution in [3.05, 3.63) is 65.9 Å². The Kier molecular flexibility index (Phi) is 5.01. The summed E-state index contributed by atoms with van der Waals surface area (Å²) < 4.78 is 32.8. The molecule has 1 aromatic heterocycles. The highest BCUT2D eigenvalue weighted by Gasteiger charge is 2.14. The lowest BCUT2D eigenvalue weighted by molar-refractivity contribution is 0.323. The minimum Gasteiger partial charge on any atom is -0.492 e. The molecular formula is C19H20N2O3S. The summed E-state index contributed by atoms with van der Waals surface area (Å²) in [6.45, 7) is 4.29. The SMILES string of the molecule is Cc1ccc(S(=O)(=O)NCCOc2ccc3ncccc3c2)cc1C. The zero-order valence-corrected chi connectivity index (χ0v) is 15.0. The molecule has 3 rings (SSSR count). The second-order valence-corrected chi connectivity index (χ2v) is 7.62. The third kappa shape index (κ3) is 4.15. The lowest BCUT2D eigenvalue weighted by Crippen LogP contribution is -2.28. The van der Waals surface area contributed by atoms with Crippen molar-refractivity contribution in [1.29, 1.82) is 0 Å². The number of ether oxygens (including phenoxy) is 1. The van der Waals surface area contributed by atoms with E-state index >= 15 is 0 Å². The van der Waals surface area contributed by atoms with Crippen LogP contribution in [0.15, 0.2) is 59.6 Å². The summed E-state index contributed by atoms with van der Waals surface area (Å²) in [6.07, 6.45) is 1.74. The van der Waals surface area contributed by atoms with E-state index in [2.05, 4.69) is 9.71 Å². The second-order valence-electron chi connectivity index (χ2n) is 5.85. The predicted molar refractivity (Wildman–Crippen MR) is 98.3 cm³/mol. The second kappa shape index (κ2) is 7.21. The largest absolute Gasteiger partial charge is 0.492 e. The van der Waals surface area contributed by atoms with Gasteiger partial charge in [-0.3, -0.25) is 4.98 Å². The standard InChI is InChI=1S/C19H20N2O3S/c1-14-5-7-18(12-15(14)2)25(22,23)21-10-11-24-17-6-8-19-16(13-17)4-3-9-20-19/h3-9,12-13,21H,10-11H2,1-2H3. The highest BCUT2D eigenvalue weighted by molar-refractivity contribution is 7.89. The number of sulfonamides is 1. The zero-order chi connectivity index (χ0) is 17.9. The molecule has 2 aromatic carbocycles. The average Bonchev–Trinajstić information content (AvgIpc) is 2.61. The number of nitrogens with zero attached hydrogens (tertiary/aromatic N) is 1. The van der Waals surface area contributed by atoms with Crippen LogP contribution in [0.2, 0.25) is 0 Å². The molecule has 0 saturated carbocycles. The molecule has 0 fully saturated rings. The molecule has 0 aliphatic rings. The Morgan fingerprint density at radius 3 is 2.68 bits per heavy atom. The van der Waals surface area contributed by atoms with Gasteiger partial charge in [-0.25, -0.2) is 13.1 Å². The van der Waals surface area contributed by atoms with E-state index in [0.717, 1.165) is 22.0 Å². The Hall–Kier alpha value is -2.44. The molecule has 0 aliphatic heterocycles. The van der Waals surface area contributed by atoms with Crippen LogP contribution >= 0.6 is 0 Å². The lowest BCUT2D eigenvalue weighted by atomic mass is 10.1. The predicted octanol–water partition coefficient (Wildman–Crippen LogP) is 3.21. The van der Waals surface area contributed by atoms with Gasteiger partial charge >= 0.3 is 0 Å². The summed E-state index contributed by atoms with van der Waals surface area (Å²) in [6, 6.07) is 14.5. The summed E-state index contributed by atoms with van der Waals surface area (Å²) in [4.78, 5) is 4.52. The van der Waals surface area contributed by atoms with Gasteiger partial charge in [0.15, 0.2) is 0 Å². The molecule has 25 heavy (non-hydrogen) atoms. The van der Waals surface area contributed by atoms with E-state index < -0.39 is 10.0 Å². The number of fused-ring (bicyclic) bond motifs is 1. The molecule has 0 saturated heterocycles. The van der Waals surface area contributed by atoms with Crippen molar-refractivity contribution in [2.75, 3.05) is 13.2 Å². The first kappa shape index (κ1) is 17.4. The van der Waals surface area contributed by atoms with Gasteiger partial charge in [-0.05, 0) is 61.4 Å². The third-order valence-corrected chi connectivity index (χ3v) is 5.48. The van der Waals surface area contributed by atoms with Crippen LogP contribution in [0.25, 0.3) is 10.9 Å². The smallest absolute Gasteiger partial charge is 0.240 e. The van der Waals surface area contributed by atoms with Crippen LogP contribution in [0.3, 0.4) is 0 Å². The molecule has 0 radical (unpaired) electrons. The van der Waals surface area contributed by atoms with E-state index in [-0.39, 0.29) is 18.0 Å². The Morgan fingerprint density at radius 2 is 1.88 bits per heavy atom. The Balaban J connectivity index is 1.58. The maximum Gasteiger partial charge on any atom is 0.240 e. The fourth-order valence-corrected chi connectivity index (χ4v) is 3.55. The quantitative estimate of drug-likeness (QED) is 0.689. The molecule has 0 bridgehead atoms. The van der Waals surface area contributed by atoms with Gasteiger partial charge in [-0.1, -0.05) is 12.1 Å². The van der Waals surface area contributed by atoms with E-state index in [0.29, 0.717) is 5.75 Å². The van der Waals surface area contributed by atoms with E-state index in [1.807, 2.05) is 50.2 Å². The van der Waals surface area contributed by atoms with Crippen LogP contribution in [-0.4, -0.2) is 26.6 Å². The first-order valence-electron chi connectivity index (χ1n) is 8.00. The topological polar surface area (TPSA) is 68.3 Å². The van der Waals surface area contributed by atoms with Gasteiger partial charge in [0.05, 0.1) is 10.4 Å². The molecule has 0 amide bonds. The number of rotatable bonds is 6. The van der Waals surface area contributed by atoms with Gasteiger partial charge in [0.2, 0.25) is 10.0 Å². The molecule has 0 aliphatic carbocycles. The van der Waals surface area contributed by atoms with Crippen LogP contribution < -0.4 is 9.46 Å². The summed E-state index contributed by atoms with van der Waals surface area (Å²) >= 11 is 0. The molecule has 0 spiro atoms. The van der Waals surface area contributed by atoms with Crippen LogP contribution in [0.4, 0.5) is 0 Å². The van der Waals surface area contributed by atoms with Crippen molar-refractivity contribution in [3.8, 4) is 5.75 Å². The number of pyridine rings is 1. The number of hydrogen-bond donors (Lipinski definition) is 1. The summed E-state index contributed by atoms with van der Waals surface area (Å²) in [5, 5.41) is 0.982. The molecule has 5 nitrogen and oxygen atoms in total. The van der Waals surface area contributed by atoms with Crippen molar-refractivity contribution in [2.45, 2.75) is 18.7 Å². The van der Waals surface area contributed by atoms with E-state index in [4.69, 9.17) is 4.74 Å². The summed E-state index contributed by atoms with van der Waals surface area (Å²) in [5.74, 6) is 0.686. The maximum atomic E-state index is 12.3. The monoisotopic (exact) mass is 356 g/mol.